The van der Waals surface area contributed by atoms with Gasteiger partial charge in [-0.1, -0.05) is 24.3 Å². The standard InChI is InChI=1S/C16H23NO2/c1-12(11-15(18)19-4)14-7-5-13(6-8-14)9-10-16(2,3)17/h5-8,11H,9-10,17H2,1-4H3/b12-11+. The first-order valence-corrected chi connectivity index (χ1v) is 6.46. The van der Waals surface area contributed by atoms with Gasteiger partial charge in [-0.25, -0.2) is 4.79 Å². The number of hydrogen-bond acceptors (Lipinski definition) is 3. The van der Waals surface area contributed by atoms with Crippen LogP contribution in [0, 0.1) is 0 Å². The summed E-state index contributed by atoms with van der Waals surface area (Å²) in [5.74, 6) is -0.327. The molecule has 0 aromatic heterocycles. The number of esters is 1. The predicted molar refractivity (Wildman–Crippen MR) is 78.7 cm³/mol. The average molecular weight is 261 g/mol. The number of nitrogens with two attached hydrogens (primary N) is 1. The molecule has 0 radical (unpaired) electrons. The summed E-state index contributed by atoms with van der Waals surface area (Å²) in [4.78, 5) is 11.2. The Morgan fingerprint density at radius 1 is 1.32 bits per heavy atom. The number of aryl methyl sites for hydroxylation is 1. The van der Waals surface area contributed by atoms with E-state index in [4.69, 9.17) is 5.73 Å². The van der Waals surface area contributed by atoms with E-state index in [0.717, 1.165) is 24.0 Å². The normalized spacial score (nSPS) is 12.4. The van der Waals surface area contributed by atoms with E-state index >= 15 is 0 Å². The summed E-state index contributed by atoms with van der Waals surface area (Å²) < 4.78 is 4.61. The fraction of sp³-hybridized carbons (Fsp3) is 0.438. The summed E-state index contributed by atoms with van der Waals surface area (Å²) >= 11 is 0. The van der Waals surface area contributed by atoms with Gasteiger partial charge >= 0.3 is 5.97 Å². The Morgan fingerprint density at radius 2 is 1.89 bits per heavy atom. The first-order chi connectivity index (χ1) is 8.81. The Kier molecular flexibility index (Phi) is 5.31. The second-order valence-electron chi connectivity index (χ2n) is 5.54. The van der Waals surface area contributed by atoms with Gasteiger partial charge in [-0.2, -0.15) is 0 Å². The largest absolute Gasteiger partial charge is 0.466 e. The van der Waals surface area contributed by atoms with Gasteiger partial charge in [0.2, 0.25) is 0 Å². The SMILES string of the molecule is COC(=O)/C=C(\C)c1ccc(CCC(C)(C)N)cc1. The van der Waals surface area contributed by atoms with Crippen molar-refractivity contribution in [3.05, 3.63) is 41.5 Å². The van der Waals surface area contributed by atoms with E-state index in [2.05, 4.69) is 16.9 Å². The summed E-state index contributed by atoms with van der Waals surface area (Å²) in [5, 5.41) is 0. The summed E-state index contributed by atoms with van der Waals surface area (Å²) in [5.41, 5.74) is 9.02. The van der Waals surface area contributed by atoms with E-state index in [-0.39, 0.29) is 11.5 Å². The number of allylic oxidation sites excluding steroid dienone is 1. The second kappa shape index (κ2) is 6.53. The molecule has 3 nitrogen and oxygen atoms in total. The lowest BCUT2D eigenvalue weighted by Crippen LogP contribution is -2.32. The zero-order valence-electron chi connectivity index (χ0n) is 12.2. The van der Waals surface area contributed by atoms with E-state index in [1.165, 1.54) is 18.7 Å². The number of methoxy groups -OCH3 is 1. The van der Waals surface area contributed by atoms with Gasteiger partial charge in [-0.3, -0.25) is 0 Å². The molecule has 0 unspecified atom stereocenters. The van der Waals surface area contributed by atoms with Gasteiger partial charge in [0.05, 0.1) is 7.11 Å². The molecule has 0 atom stereocenters. The number of hydrogen-bond donors (Lipinski definition) is 1. The molecule has 0 spiro atoms. The van der Waals surface area contributed by atoms with Crippen LogP contribution in [0.15, 0.2) is 30.3 Å². The van der Waals surface area contributed by atoms with Crippen LogP contribution in [0.4, 0.5) is 0 Å². The molecule has 1 aromatic carbocycles. The first-order valence-electron chi connectivity index (χ1n) is 6.46. The van der Waals surface area contributed by atoms with Gasteiger partial charge in [0.1, 0.15) is 0 Å². The van der Waals surface area contributed by atoms with Crippen LogP contribution in [0.25, 0.3) is 5.57 Å². The maximum Gasteiger partial charge on any atom is 0.330 e. The molecule has 0 amide bonds. The van der Waals surface area contributed by atoms with Crippen molar-refractivity contribution in [1.82, 2.24) is 0 Å². The Labute approximate surface area is 115 Å². The molecule has 0 aliphatic rings. The molecule has 0 fully saturated rings. The highest BCUT2D eigenvalue weighted by Gasteiger charge is 2.10. The molecule has 2 N–H and O–H groups in total. The van der Waals surface area contributed by atoms with Crippen LogP contribution in [-0.2, 0) is 16.0 Å². The highest BCUT2D eigenvalue weighted by atomic mass is 16.5. The summed E-state index contributed by atoms with van der Waals surface area (Å²) in [6, 6.07) is 8.20. The van der Waals surface area contributed by atoms with Crippen LogP contribution < -0.4 is 5.73 Å². The molecular weight excluding hydrogens is 238 g/mol. The van der Waals surface area contributed by atoms with Crippen molar-refractivity contribution in [2.24, 2.45) is 5.73 Å². The van der Waals surface area contributed by atoms with Crippen molar-refractivity contribution in [3.8, 4) is 0 Å². The molecule has 0 aliphatic carbocycles. The Balaban J connectivity index is 2.71. The van der Waals surface area contributed by atoms with Crippen LogP contribution >= 0.6 is 0 Å². The van der Waals surface area contributed by atoms with E-state index in [1.807, 2.05) is 32.9 Å². The number of benzene rings is 1. The van der Waals surface area contributed by atoms with Crippen LogP contribution in [0.5, 0.6) is 0 Å². The van der Waals surface area contributed by atoms with E-state index in [1.54, 1.807) is 0 Å². The first kappa shape index (κ1) is 15.4. The van der Waals surface area contributed by atoms with Crippen LogP contribution in [-0.4, -0.2) is 18.6 Å². The molecule has 3 heteroatoms. The van der Waals surface area contributed by atoms with Crippen LogP contribution in [0.1, 0.15) is 38.3 Å². The van der Waals surface area contributed by atoms with Crippen LogP contribution in [0.2, 0.25) is 0 Å². The Morgan fingerprint density at radius 3 is 2.37 bits per heavy atom. The van der Waals surface area contributed by atoms with E-state index < -0.39 is 0 Å². The molecule has 19 heavy (non-hydrogen) atoms. The minimum Gasteiger partial charge on any atom is -0.466 e. The summed E-state index contributed by atoms with van der Waals surface area (Å²) in [6.07, 6.45) is 3.41. The second-order valence-corrected chi connectivity index (χ2v) is 5.54. The number of rotatable bonds is 5. The quantitative estimate of drug-likeness (QED) is 0.655. The smallest absolute Gasteiger partial charge is 0.330 e. The van der Waals surface area contributed by atoms with E-state index in [0.29, 0.717) is 0 Å². The fourth-order valence-corrected chi connectivity index (χ4v) is 1.72. The molecule has 104 valence electrons. The van der Waals surface area contributed by atoms with Crippen LogP contribution in [0.3, 0.4) is 0 Å². The lowest BCUT2D eigenvalue weighted by molar-refractivity contribution is -0.134. The number of carbonyl (C=O) groups is 1. The van der Waals surface area contributed by atoms with Crippen molar-refractivity contribution >= 4 is 11.5 Å². The monoisotopic (exact) mass is 261 g/mol. The van der Waals surface area contributed by atoms with Crippen molar-refractivity contribution in [3.63, 3.8) is 0 Å². The highest BCUT2D eigenvalue weighted by Crippen LogP contribution is 2.17. The zero-order chi connectivity index (χ0) is 14.5. The molecular formula is C16H23NO2. The predicted octanol–water partition coefficient (Wildman–Crippen LogP) is 2.93. The van der Waals surface area contributed by atoms with Gasteiger partial charge in [0.15, 0.2) is 0 Å². The van der Waals surface area contributed by atoms with Crippen molar-refractivity contribution < 1.29 is 9.53 Å². The molecule has 0 bridgehead atoms. The van der Waals surface area contributed by atoms with Gasteiger partial charge in [-0.05, 0) is 50.3 Å². The minimum absolute atomic E-state index is 0.140. The van der Waals surface area contributed by atoms with Gasteiger partial charge in [-0.15, -0.1) is 0 Å². The lowest BCUT2D eigenvalue weighted by Gasteiger charge is -2.18. The molecule has 0 heterocycles. The number of ether oxygens (including phenoxy) is 1. The fourth-order valence-electron chi connectivity index (χ4n) is 1.72. The summed E-state index contributed by atoms with van der Waals surface area (Å²) in [7, 11) is 1.38. The van der Waals surface area contributed by atoms with E-state index in [9.17, 15) is 4.79 Å². The third kappa shape index (κ3) is 5.71. The maximum absolute atomic E-state index is 11.2. The minimum atomic E-state index is -0.327. The lowest BCUT2D eigenvalue weighted by atomic mass is 9.95. The van der Waals surface area contributed by atoms with Crippen molar-refractivity contribution in [1.29, 1.82) is 0 Å². The molecule has 1 rings (SSSR count). The third-order valence-corrected chi connectivity index (χ3v) is 3.00. The Bertz CT molecular complexity index is 453. The molecule has 1 aromatic rings. The topological polar surface area (TPSA) is 52.3 Å². The van der Waals surface area contributed by atoms with Gasteiger partial charge < -0.3 is 10.5 Å². The average Bonchev–Trinajstić information content (AvgIpc) is 2.36. The van der Waals surface area contributed by atoms with Crippen molar-refractivity contribution in [2.75, 3.05) is 7.11 Å². The molecule has 0 saturated heterocycles. The Hall–Kier alpha value is -1.61. The summed E-state index contributed by atoms with van der Waals surface area (Å²) in [6.45, 7) is 5.96. The number of carbonyl (C=O) groups excluding carboxylic acids is 1. The highest BCUT2D eigenvalue weighted by molar-refractivity contribution is 5.90. The zero-order valence-corrected chi connectivity index (χ0v) is 12.2. The van der Waals surface area contributed by atoms with Gasteiger partial charge in [0.25, 0.3) is 0 Å². The maximum atomic E-state index is 11.2. The molecule has 0 saturated carbocycles. The third-order valence-electron chi connectivity index (χ3n) is 3.00. The van der Waals surface area contributed by atoms with Crippen molar-refractivity contribution in [2.45, 2.75) is 39.2 Å². The molecule has 0 aliphatic heterocycles. The van der Waals surface area contributed by atoms with Gasteiger partial charge in [0, 0.05) is 11.6 Å².